The van der Waals surface area contributed by atoms with Crippen LogP contribution < -0.4 is 24.0 Å². The van der Waals surface area contributed by atoms with E-state index in [2.05, 4.69) is 9.40 Å². The van der Waals surface area contributed by atoms with Crippen molar-refractivity contribution in [1.82, 2.24) is 4.98 Å². The number of carboxylic acid groups (broad SMARTS) is 1. The average molecular weight is 133 g/mol. The normalized spacial score (nSPS) is 8.50. The number of carbonyl (C=O) groups is 1. The summed E-state index contributed by atoms with van der Waals surface area (Å²) in [7, 11) is 0. The second-order valence-corrected chi connectivity index (χ2v) is 1.58. The summed E-state index contributed by atoms with van der Waals surface area (Å²) in [5, 5.41) is 9.95. The molecule has 1 aromatic heterocycles. The van der Waals surface area contributed by atoms with Gasteiger partial charge in [-0.3, -0.25) is 0 Å². The molecule has 0 aliphatic heterocycles. The van der Waals surface area contributed by atoms with Gasteiger partial charge in [0.25, 0.3) is 0 Å². The van der Waals surface area contributed by atoms with Crippen molar-refractivity contribution in [3.05, 3.63) is 17.8 Å². The molecule has 1 aromatic rings. The number of oxazole rings is 1. The van der Waals surface area contributed by atoms with Crippen molar-refractivity contribution in [1.29, 1.82) is 0 Å². The molecule has 0 atom stereocenters. The molecule has 0 saturated heterocycles. The maximum atomic E-state index is 9.95. The van der Waals surface area contributed by atoms with Crippen molar-refractivity contribution in [3.8, 4) is 0 Å². The minimum Gasteiger partial charge on any atom is -0.540 e. The molecule has 0 aromatic carbocycles. The number of carboxylic acids is 1. The number of carbonyl (C=O) groups excluding carboxylic acids is 1. The SMILES string of the molecule is Cc1coc(C(=O)[O-])n1.[Li+]. The number of aromatic carboxylic acids is 1. The van der Waals surface area contributed by atoms with Gasteiger partial charge in [0.05, 0.1) is 5.69 Å². The molecule has 0 radical (unpaired) electrons. The molecule has 5 heteroatoms. The fourth-order valence-electron chi connectivity index (χ4n) is 0.448. The smallest absolute Gasteiger partial charge is 0.540 e. The third-order valence-corrected chi connectivity index (χ3v) is 0.794. The summed E-state index contributed by atoms with van der Waals surface area (Å²) in [4.78, 5) is 13.4. The predicted molar refractivity (Wildman–Crippen MR) is 25.6 cm³/mol. The zero-order valence-corrected chi connectivity index (χ0v) is 5.75. The van der Waals surface area contributed by atoms with Crippen LogP contribution in [0.2, 0.25) is 0 Å². The van der Waals surface area contributed by atoms with Crippen LogP contribution in [0.1, 0.15) is 16.4 Å². The van der Waals surface area contributed by atoms with Crippen LogP contribution >= 0.6 is 0 Å². The molecule has 10 heavy (non-hydrogen) atoms. The van der Waals surface area contributed by atoms with Gasteiger partial charge >= 0.3 is 18.9 Å². The number of hydrogen-bond donors (Lipinski definition) is 0. The zero-order chi connectivity index (χ0) is 6.85. The van der Waals surface area contributed by atoms with E-state index in [0.717, 1.165) is 0 Å². The Morgan fingerprint density at radius 2 is 2.40 bits per heavy atom. The molecule has 0 N–H and O–H groups in total. The Bertz CT molecular complexity index is 233. The standard InChI is InChI=1S/C5H5NO3.Li/c1-3-2-9-4(6-3)5(7)8;/h2H,1H3,(H,7,8);/q;+1/p-1. The summed E-state index contributed by atoms with van der Waals surface area (Å²) in [6.07, 6.45) is 1.26. The monoisotopic (exact) mass is 133 g/mol. The van der Waals surface area contributed by atoms with Gasteiger partial charge in [-0.15, -0.1) is 0 Å². The molecule has 0 unspecified atom stereocenters. The van der Waals surface area contributed by atoms with Crippen LogP contribution in [-0.2, 0) is 0 Å². The van der Waals surface area contributed by atoms with Crippen LogP contribution in [0.5, 0.6) is 0 Å². The average Bonchev–Trinajstić information content (AvgIpc) is 2.14. The molecule has 0 spiro atoms. The van der Waals surface area contributed by atoms with Gasteiger partial charge in [-0.2, -0.15) is 0 Å². The van der Waals surface area contributed by atoms with Gasteiger partial charge in [0, 0.05) is 0 Å². The Balaban J connectivity index is 0.000000810. The first-order chi connectivity index (χ1) is 4.20. The van der Waals surface area contributed by atoms with E-state index >= 15 is 0 Å². The summed E-state index contributed by atoms with van der Waals surface area (Å²) < 4.78 is 4.45. The van der Waals surface area contributed by atoms with Crippen LogP contribution in [0.25, 0.3) is 0 Å². The quantitative estimate of drug-likeness (QED) is 0.370. The zero-order valence-electron chi connectivity index (χ0n) is 5.75. The number of rotatable bonds is 1. The number of hydrogen-bond acceptors (Lipinski definition) is 4. The Labute approximate surface area is 69.4 Å². The fourth-order valence-corrected chi connectivity index (χ4v) is 0.448. The topological polar surface area (TPSA) is 66.2 Å². The maximum absolute atomic E-state index is 9.95. The molecule has 0 fully saturated rings. The van der Waals surface area contributed by atoms with Gasteiger partial charge in [0.2, 0.25) is 5.89 Å². The van der Waals surface area contributed by atoms with E-state index in [9.17, 15) is 9.90 Å². The van der Waals surface area contributed by atoms with Gasteiger partial charge in [-0.25, -0.2) is 4.98 Å². The van der Waals surface area contributed by atoms with E-state index in [1.165, 1.54) is 6.26 Å². The van der Waals surface area contributed by atoms with E-state index in [1.807, 2.05) is 0 Å². The molecule has 0 aliphatic carbocycles. The van der Waals surface area contributed by atoms with Gasteiger partial charge in [-0.05, 0) is 6.92 Å². The summed E-state index contributed by atoms with van der Waals surface area (Å²) in [5.74, 6) is -1.75. The first-order valence-electron chi connectivity index (χ1n) is 2.33. The molecule has 4 nitrogen and oxygen atoms in total. The van der Waals surface area contributed by atoms with E-state index in [-0.39, 0.29) is 24.8 Å². The Morgan fingerprint density at radius 1 is 1.80 bits per heavy atom. The summed E-state index contributed by atoms with van der Waals surface area (Å²) in [6, 6.07) is 0. The molecular weight excluding hydrogens is 129 g/mol. The minimum atomic E-state index is -1.39. The molecule has 0 bridgehead atoms. The van der Waals surface area contributed by atoms with Crippen molar-refractivity contribution in [2.24, 2.45) is 0 Å². The van der Waals surface area contributed by atoms with Crippen LogP contribution in [0, 0.1) is 6.92 Å². The van der Waals surface area contributed by atoms with Crippen LogP contribution in [0.3, 0.4) is 0 Å². The van der Waals surface area contributed by atoms with Crippen molar-refractivity contribution >= 4 is 5.97 Å². The molecular formula is C5H4LiNO3. The summed E-state index contributed by atoms with van der Waals surface area (Å²) in [6.45, 7) is 1.63. The second-order valence-electron chi connectivity index (χ2n) is 1.58. The molecule has 0 amide bonds. The Kier molecular flexibility index (Phi) is 3.20. The van der Waals surface area contributed by atoms with Crippen LogP contribution in [0.15, 0.2) is 10.7 Å². The molecule has 1 rings (SSSR count). The molecule has 1 heterocycles. The number of nitrogens with zero attached hydrogens (tertiary/aromatic N) is 1. The third-order valence-electron chi connectivity index (χ3n) is 0.794. The van der Waals surface area contributed by atoms with Crippen molar-refractivity contribution in [2.75, 3.05) is 0 Å². The second kappa shape index (κ2) is 3.45. The summed E-state index contributed by atoms with van der Waals surface area (Å²) in [5.41, 5.74) is 0.536. The van der Waals surface area contributed by atoms with Gasteiger partial charge in [-0.1, -0.05) is 0 Å². The van der Waals surface area contributed by atoms with Gasteiger partial charge in [0.15, 0.2) is 0 Å². The minimum absolute atomic E-state index is 0. The molecule has 0 saturated carbocycles. The van der Waals surface area contributed by atoms with Crippen molar-refractivity contribution in [2.45, 2.75) is 6.92 Å². The van der Waals surface area contributed by atoms with Gasteiger partial charge in [0.1, 0.15) is 12.2 Å². The van der Waals surface area contributed by atoms with E-state index in [0.29, 0.717) is 5.69 Å². The van der Waals surface area contributed by atoms with Crippen molar-refractivity contribution in [3.63, 3.8) is 0 Å². The first-order valence-corrected chi connectivity index (χ1v) is 2.33. The largest absolute Gasteiger partial charge is 1.00 e. The van der Waals surface area contributed by atoms with Gasteiger partial charge < -0.3 is 14.3 Å². The number of aryl methyl sites for hydroxylation is 1. The fraction of sp³-hybridized carbons (Fsp3) is 0.200. The predicted octanol–water partition coefficient (Wildman–Crippen LogP) is -3.65. The molecule has 48 valence electrons. The third kappa shape index (κ3) is 1.90. The van der Waals surface area contributed by atoms with E-state index in [1.54, 1.807) is 6.92 Å². The maximum Gasteiger partial charge on any atom is 1.00 e. The van der Waals surface area contributed by atoms with E-state index < -0.39 is 5.97 Å². The summed E-state index contributed by atoms with van der Waals surface area (Å²) >= 11 is 0. The van der Waals surface area contributed by atoms with E-state index in [4.69, 9.17) is 0 Å². The van der Waals surface area contributed by atoms with Crippen molar-refractivity contribution < 1.29 is 33.2 Å². The Hall–Kier alpha value is -0.723. The number of aromatic nitrogens is 1. The molecule has 0 aliphatic rings. The van der Waals surface area contributed by atoms with Crippen LogP contribution in [-0.4, -0.2) is 11.0 Å². The first kappa shape index (κ1) is 9.28. The Morgan fingerprint density at radius 3 is 2.60 bits per heavy atom. The van der Waals surface area contributed by atoms with Crippen LogP contribution in [0.4, 0.5) is 0 Å².